The van der Waals surface area contributed by atoms with E-state index in [1.165, 1.54) is 13.2 Å². The number of nitrogens with zero attached hydrogens (tertiary/aromatic N) is 1. The summed E-state index contributed by atoms with van der Waals surface area (Å²) in [5.41, 5.74) is 2.65. The highest BCUT2D eigenvalue weighted by Crippen LogP contribution is 2.31. The Bertz CT molecular complexity index is 1120. The highest BCUT2D eigenvalue weighted by Gasteiger charge is 2.27. The number of para-hydroxylation sites is 1. The molecule has 0 saturated heterocycles. The standard InChI is InChI=1S/C27H26FNO4/c1-18-4-3-5-24(28)25(18)33-23-14-12-21(13-15-23)26(30)29(16-19-6-7-19)17-20-8-10-22(11-9-20)27(31)32-2/h3-5,8-15,19H,6-7,16-17H2,1-2H3. The van der Waals surface area contributed by atoms with Crippen molar-refractivity contribution in [2.45, 2.75) is 26.3 Å². The van der Waals surface area contributed by atoms with Gasteiger partial charge in [0.05, 0.1) is 12.7 Å². The molecule has 33 heavy (non-hydrogen) atoms. The summed E-state index contributed by atoms with van der Waals surface area (Å²) >= 11 is 0. The molecule has 3 aromatic rings. The van der Waals surface area contributed by atoms with Crippen molar-refractivity contribution in [1.82, 2.24) is 4.90 Å². The maximum Gasteiger partial charge on any atom is 0.337 e. The van der Waals surface area contributed by atoms with Crippen molar-refractivity contribution >= 4 is 11.9 Å². The third-order valence-corrected chi connectivity index (χ3v) is 5.70. The molecular formula is C27H26FNO4. The van der Waals surface area contributed by atoms with Gasteiger partial charge in [0.15, 0.2) is 11.6 Å². The van der Waals surface area contributed by atoms with E-state index >= 15 is 0 Å². The van der Waals surface area contributed by atoms with Gasteiger partial charge in [-0.05, 0) is 79.3 Å². The van der Waals surface area contributed by atoms with Crippen LogP contribution >= 0.6 is 0 Å². The van der Waals surface area contributed by atoms with Crippen LogP contribution in [0.5, 0.6) is 11.5 Å². The smallest absolute Gasteiger partial charge is 0.337 e. The first kappa shape index (κ1) is 22.5. The van der Waals surface area contributed by atoms with E-state index in [9.17, 15) is 14.0 Å². The van der Waals surface area contributed by atoms with Crippen LogP contribution in [0.3, 0.4) is 0 Å². The van der Waals surface area contributed by atoms with Gasteiger partial charge in [0.2, 0.25) is 0 Å². The molecule has 0 aromatic heterocycles. The van der Waals surface area contributed by atoms with Gasteiger partial charge >= 0.3 is 5.97 Å². The van der Waals surface area contributed by atoms with Gasteiger partial charge in [-0.2, -0.15) is 0 Å². The molecule has 0 N–H and O–H groups in total. The maximum absolute atomic E-state index is 14.1. The third kappa shape index (κ3) is 5.58. The summed E-state index contributed by atoms with van der Waals surface area (Å²) in [4.78, 5) is 26.8. The van der Waals surface area contributed by atoms with Gasteiger partial charge in [0.1, 0.15) is 5.75 Å². The van der Waals surface area contributed by atoms with E-state index < -0.39 is 5.82 Å². The average Bonchev–Trinajstić information content (AvgIpc) is 3.65. The summed E-state index contributed by atoms with van der Waals surface area (Å²) in [6.45, 7) is 2.91. The molecule has 0 aliphatic heterocycles. The van der Waals surface area contributed by atoms with Crippen LogP contribution in [0.15, 0.2) is 66.7 Å². The second kappa shape index (κ2) is 9.86. The quantitative estimate of drug-likeness (QED) is 0.412. The fourth-order valence-corrected chi connectivity index (χ4v) is 3.63. The van der Waals surface area contributed by atoms with Crippen LogP contribution in [-0.2, 0) is 11.3 Å². The van der Waals surface area contributed by atoms with Crippen LogP contribution < -0.4 is 4.74 Å². The van der Waals surface area contributed by atoms with Crippen molar-refractivity contribution in [2.75, 3.05) is 13.7 Å². The second-order valence-electron chi connectivity index (χ2n) is 8.33. The number of ether oxygens (including phenoxy) is 2. The van der Waals surface area contributed by atoms with E-state index in [-0.39, 0.29) is 17.6 Å². The van der Waals surface area contributed by atoms with Gasteiger partial charge in [-0.15, -0.1) is 0 Å². The summed E-state index contributed by atoms with van der Waals surface area (Å²) in [6, 6.07) is 18.6. The van der Waals surface area contributed by atoms with E-state index in [1.807, 2.05) is 17.0 Å². The molecule has 5 nitrogen and oxygen atoms in total. The summed E-state index contributed by atoms with van der Waals surface area (Å²) < 4.78 is 24.5. The molecule has 0 bridgehead atoms. The lowest BCUT2D eigenvalue weighted by atomic mass is 10.1. The highest BCUT2D eigenvalue weighted by atomic mass is 19.1. The fourth-order valence-electron chi connectivity index (χ4n) is 3.63. The zero-order chi connectivity index (χ0) is 23.4. The van der Waals surface area contributed by atoms with E-state index in [1.54, 1.807) is 55.5 Å². The topological polar surface area (TPSA) is 55.8 Å². The fraction of sp³-hybridized carbons (Fsp3) is 0.259. The van der Waals surface area contributed by atoms with Crippen LogP contribution in [0.2, 0.25) is 0 Å². The van der Waals surface area contributed by atoms with Crippen molar-refractivity contribution in [1.29, 1.82) is 0 Å². The Hall–Kier alpha value is -3.67. The number of carbonyl (C=O) groups excluding carboxylic acids is 2. The maximum atomic E-state index is 14.1. The third-order valence-electron chi connectivity index (χ3n) is 5.70. The van der Waals surface area contributed by atoms with Crippen LogP contribution in [0.4, 0.5) is 4.39 Å². The first-order valence-electron chi connectivity index (χ1n) is 10.9. The molecule has 1 fully saturated rings. The molecule has 6 heteroatoms. The summed E-state index contributed by atoms with van der Waals surface area (Å²) in [6.07, 6.45) is 2.25. The van der Waals surface area contributed by atoms with Crippen molar-refractivity contribution in [3.63, 3.8) is 0 Å². The van der Waals surface area contributed by atoms with Crippen molar-refractivity contribution in [3.8, 4) is 11.5 Å². The molecule has 0 spiro atoms. The lowest BCUT2D eigenvalue weighted by molar-refractivity contribution is 0.0600. The van der Waals surface area contributed by atoms with Gasteiger partial charge in [0.25, 0.3) is 5.91 Å². The Labute approximate surface area is 192 Å². The number of hydrogen-bond acceptors (Lipinski definition) is 4. The summed E-state index contributed by atoms with van der Waals surface area (Å²) in [5, 5.41) is 0. The summed E-state index contributed by atoms with van der Waals surface area (Å²) in [7, 11) is 1.35. The van der Waals surface area contributed by atoms with E-state index in [2.05, 4.69) is 0 Å². The molecule has 1 aliphatic carbocycles. The monoisotopic (exact) mass is 447 g/mol. The Kier molecular flexibility index (Phi) is 6.73. The van der Waals surface area contributed by atoms with Crippen LogP contribution in [0.25, 0.3) is 0 Å². The van der Waals surface area contributed by atoms with Crippen molar-refractivity contribution in [3.05, 3.63) is 94.8 Å². The molecule has 1 amide bonds. The van der Waals surface area contributed by atoms with Crippen LogP contribution in [0, 0.1) is 18.7 Å². The molecule has 0 unspecified atom stereocenters. The molecule has 1 aliphatic rings. The number of aryl methyl sites for hydroxylation is 1. The number of methoxy groups -OCH3 is 1. The first-order valence-corrected chi connectivity index (χ1v) is 10.9. The number of halogens is 1. The first-order chi connectivity index (χ1) is 15.9. The molecule has 1 saturated carbocycles. The Morgan fingerprint density at radius 3 is 2.24 bits per heavy atom. The second-order valence-corrected chi connectivity index (χ2v) is 8.33. The van der Waals surface area contributed by atoms with Gasteiger partial charge in [-0.3, -0.25) is 4.79 Å². The number of carbonyl (C=O) groups is 2. The van der Waals surface area contributed by atoms with Crippen molar-refractivity contribution < 1.29 is 23.5 Å². The average molecular weight is 448 g/mol. The highest BCUT2D eigenvalue weighted by molar-refractivity contribution is 5.94. The van der Waals surface area contributed by atoms with E-state index in [0.717, 1.165) is 18.4 Å². The number of hydrogen-bond donors (Lipinski definition) is 0. The Morgan fingerprint density at radius 2 is 1.64 bits per heavy atom. The molecule has 4 rings (SSSR count). The SMILES string of the molecule is COC(=O)c1ccc(CN(CC2CC2)C(=O)c2ccc(Oc3c(C)cccc3F)cc2)cc1. The molecule has 3 aromatic carbocycles. The Balaban J connectivity index is 1.48. The molecule has 0 heterocycles. The molecule has 170 valence electrons. The number of amides is 1. The summed E-state index contributed by atoms with van der Waals surface area (Å²) in [5.74, 6) is 0.279. The lowest BCUT2D eigenvalue weighted by Gasteiger charge is -2.23. The molecular weight excluding hydrogens is 421 g/mol. The molecule has 0 radical (unpaired) electrons. The largest absolute Gasteiger partial charge is 0.465 e. The van der Waals surface area contributed by atoms with Crippen LogP contribution in [-0.4, -0.2) is 30.4 Å². The lowest BCUT2D eigenvalue weighted by Crippen LogP contribution is -2.32. The van der Waals surface area contributed by atoms with Crippen molar-refractivity contribution in [2.24, 2.45) is 5.92 Å². The van der Waals surface area contributed by atoms with Gasteiger partial charge in [-0.25, -0.2) is 9.18 Å². The minimum atomic E-state index is -0.427. The minimum absolute atomic E-state index is 0.0763. The van der Waals surface area contributed by atoms with Gasteiger partial charge in [-0.1, -0.05) is 24.3 Å². The number of rotatable bonds is 8. The van der Waals surface area contributed by atoms with Gasteiger partial charge < -0.3 is 14.4 Å². The normalized spacial score (nSPS) is 12.8. The number of benzene rings is 3. The van der Waals surface area contributed by atoms with E-state index in [0.29, 0.717) is 41.4 Å². The Morgan fingerprint density at radius 1 is 0.970 bits per heavy atom. The minimum Gasteiger partial charge on any atom is -0.465 e. The van der Waals surface area contributed by atoms with Crippen LogP contribution in [0.1, 0.15) is 44.7 Å². The zero-order valence-electron chi connectivity index (χ0n) is 18.7. The predicted octanol–water partition coefficient (Wildman–Crippen LogP) is 5.77. The number of esters is 1. The van der Waals surface area contributed by atoms with Gasteiger partial charge in [0, 0.05) is 18.7 Å². The van der Waals surface area contributed by atoms with E-state index in [4.69, 9.17) is 9.47 Å². The molecule has 0 atom stereocenters. The zero-order valence-corrected chi connectivity index (χ0v) is 18.7. The predicted molar refractivity (Wildman–Crippen MR) is 123 cm³/mol.